The zero-order valence-electron chi connectivity index (χ0n) is 12.2. The second kappa shape index (κ2) is 6.54. The Hall–Kier alpha value is -1.14. The van der Waals surface area contributed by atoms with Crippen LogP contribution in [-0.4, -0.2) is 55.6 Å². The van der Waals surface area contributed by atoms with Crippen molar-refractivity contribution in [3.63, 3.8) is 0 Å². The number of nitrogens with zero attached hydrogens (tertiary/aromatic N) is 1. The largest absolute Gasteiger partial charge is 0.378 e. The Morgan fingerprint density at radius 1 is 1.40 bits per heavy atom. The Bertz CT molecular complexity index is 369. The predicted molar refractivity (Wildman–Crippen MR) is 75.0 cm³/mol. The van der Waals surface area contributed by atoms with Crippen LogP contribution in [0.3, 0.4) is 0 Å². The third-order valence-corrected chi connectivity index (χ3v) is 4.54. The summed E-state index contributed by atoms with van der Waals surface area (Å²) in [7, 11) is 0. The first kappa shape index (κ1) is 15.3. The van der Waals surface area contributed by atoms with Crippen molar-refractivity contribution in [2.75, 3.05) is 32.8 Å². The van der Waals surface area contributed by atoms with Crippen molar-refractivity contribution >= 4 is 11.8 Å². The molecule has 20 heavy (non-hydrogen) atoms. The van der Waals surface area contributed by atoms with E-state index in [0.29, 0.717) is 39.3 Å². The van der Waals surface area contributed by atoms with Gasteiger partial charge in [0.25, 0.3) is 0 Å². The summed E-state index contributed by atoms with van der Waals surface area (Å²) in [4.78, 5) is 25.9. The molecule has 6 nitrogen and oxygen atoms in total. The van der Waals surface area contributed by atoms with E-state index < -0.39 is 5.41 Å². The number of rotatable bonds is 4. The average Bonchev–Trinajstić information content (AvgIpc) is 2.80. The lowest BCUT2D eigenvalue weighted by Crippen LogP contribution is -2.48. The molecule has 3 N–H and O–H groups in total. The van der Waals surface area contributed by atoms with Crippen LogP contribution < -0.4 is 11.1 Å². The maximum atomic E-state index is 12.2. The summed E-state index contributed by atoms with van der Waals surface area (Å²) in [5.74, 6) is 0.0618. The third kappa shape index (κ3) is 3.30. The highest BCUT2D eigenvalue weighted by Gasteiger charge is 2.42. The average molecular weight is 283 g/mol. The van der Waals surface area contributed by atoms with Crippen LogP contribution in [0, 0.1) is 5.41 Å². The Morgan fingerprint density at radius 3 is 2.70 bits per heavy atom. The van der Waals surface area contributed by atoms with E-state index >= 15 is 0 Å². The topological polar surface area (TPSA) is 84.7 Å². The van der Waals surface area contributed by atoms with Gasteiger partial charge in [0.2, 0.25) is 11.8 Å². The van der Waals surface area contributed by atoms with Gasteiger partial charge in [-0.2, -0.15) is 0 Å². The highest BCUT2D eigenvalue weighted by atomic mass is 16.5. The minimum atomic E-state index is -0.470. The van der Waals surface area contributed by atoms with Gasteiger partial charge in [-0.3, -0.25) is 9.59 Å². The van der Waals surface area contributed by atoms with E-state index in [1.807, 2.05) is 6.92 Å². The highest BCUT2D eigenvalue weighted by molar-refractivity contribution is 5.84. The van der Waals surface area contributed by atoms with E-state index in [2.05, 4.69) is 5.32 Å². The maximum absolute atomic E-state index is 12.2. The standard InChI is InChI=1S/C14H25N3O3/c1-14(5-2-3-11(14)15)13(19)16-6-4-12(18)17-7-9-20-10-8-17/h11H,2-10,15H2,1H3,(H,16,19). The summed E-state index contributed by atoms with van der Waals surface area (Å²) in [5.41, 5.74) is 5.54. The van der Waals surface area contributed by atoms with Gasteiger partial charge in [0.05, 0.1) is 18.6 Å². The van der Waals surface area contributed by atoms with E-state index in [1.54, 1.807) is 4.90 Å². The number of morpholine rings is 1. The van der Waals surface area contributed by atoms with E-state index in [1.165, 1.54) is 0 Å². The summed E-state index contributed by atoms with van der Waals surface area (Å²) in [6, 6.07) is -0.0718. The van der Waals surface area contributed by atoms with Crippen LogP contribution in [0.25, 0.3) is 0 Å². The number of ether oxygens (including phenoxy) is 1. The van der Waals surface area contributed by atoms with Crippen LogP contribution in [0.15, 0.2) is 0 Å². The van der Waals surface area contributed by atoms with E-state index in [0.717, 1.165) is 19.3 Å². The fraction of sp³-hybridized carbons (Fsp3) is 0.857. The van der Waals surface area contributed by atoms with E-state index in [-0.39, 0.29) is 17.9 Å². The lowest BCUT2D eigenvalue weighted by atomic mass is 9.84. The zero-order chi connectivity index (χ0) is 14.6. The van der Waals surface area contributed by atoms with Gasteiger partial charge < -0.3 is 20.7 Å². The Kier molecular flexibility index (Phi) is 4.99. The first-order valence-corrected chi connectivity index (χ1v) is 7.43. The first-order chi connectivity index (χ1) is 9.54. The van der Waals surface area contributed by atoms with Crippen molar-refractivity contribution in [3.8, 4) is 0 Å². The molecule has 1 aliphatic carbocycles. The minimum absolute atomic E-state index is 0.0164. The molecule has 2 aliphatic rings. The van der Waals surface area contributed by atoms with Gasteiger partial charge in [-0.1, -0.05) is 6.42 Å². The first-order valence-electron chi connectivity index (χ1n) is 7.43. The molecule has 2 atom stereocenters. The van der Waals surface area contributed by atoms with Crippen molar-refractivity contribution in [2.45, 2.75) is 38.6 Å². The third-order valence-electron chi connectivity index (χ3n) is 4.54. The van der Waals surface area contributed by atoms with Gasteiger partial charge in [-0.15, -0.1) is 0 Å². The van der Waals surface area contributed by atoms with Crippen molar-refractivity contribution in [1.29, 1.82) is 0 Å². The molecule has 1 saturated carbocycles. The van der Waals surface area contributed by atoms with Gasteiger partial charge in [0.15, 0.2) is 0 Å². The predicted octanol–water partition coefficient (Wildman–Crippen LogP) is -0.131. The molecule has 2 unspecified atom stereocenters. The number of nitrogens with one attached hydrogen (secondary N) is 1. The fourth-order valence-corrected chi connectivity index (χ4v) is 2.93. The van der Waals surface area contributed by atoms with Crippen LogP contribution in [0.5, 0.6) is 0 Å². The van der Waals surface area contributed by atoms with Gasteiger partial charge in [0.1, 0.15) is 0 Å². The SMILES string of the molecule is CC1(C(=O)NCCC(=O)N2CCOCC2)CCCC1N. The number of hydrogen-bond donors (Lipinski definition) is 2. The van der Waals surface area contributed by atoms with Crippen molar-refractivity contribution in [1.82, 2.24) is 10.2 Å². The maximum Gasteiger partial charge on any atom is 0.227 e. The number of carbonyl (C=O) groups excluding carboxylic acids is 2. The molecule has 0 aromatic heterocycles. The van der Waals surface area contributed by atoms with Crippen molar-refractivity contribution in [3.05, 3.63) is 0 Å². The summed E-state index contributed by atoms with van der Waals surface area (Å²) >= 11 is 0. The van der Waals surface area contributed by atoms with Crippen LogP contribution in [-0.2, 0) is 14.3 Å². The van der Waals surface area contributed by atoms with Crippen LogP contribution >= 0.6 is 0 Å². The molecule has 2 amide bonds. The number of carbonyl (C=O) groups is 2. The molecule has 1 saturated heterocycles. The second-order valence-electron chi connectivity index (χ2n) is 5.92. The monoisotopic (exact) mass is 283 g/mol. The Morgan fingerprint density at radius 2 is 2.10 bits per heavy atom. The second-order valence-corrected chi connectivity index (χ2v) is 5.92. The molecule has 0 aromatic carbocycles. The molecule has 1 heterocycles. The van der Waals surface area contributed by atoms with Crippen molar-refractivity contribution in [2.24, 2.45) is 11.1 Å². The molecule has 2 rings (SSSR count). The van der Waals surface area contributed by atoms with Crippen molar-refractivity contribution < 1.29 is 14.3 Å². The van der Waals surface area contributed by atoms with E-state index in [9.17, 15) is 9.59 Å². The molecule has 1 aliphatic heterocycles. The molecule has 114 valence electrons. The van der Waals surface area contributed by atoms with Crippen LogP contribution in [0.4, 0.5) is 0 Å². The van der Waals surface area contributed by atoms with Gasteiger partial charge in [-0.25, -0.2) is 0 Å². The van der Waals surface area contributed by atoms with Gasteiger partial charge in [-0.05, 0) is 19.8 Å². The van der Waals surface area contributed by atoms with Gasteiger partial charge in [0, 0.05) is 32.1 Å². The molecular weight excluding hydrogens is 258 g/mol. The lowest BCUT2D eigenvalue weighted by molar-refractivity contribution is -0.135. The molecule has 0 aromatic rings. The minimum Gasteiger partial charge on any atom is -0.378 e. The fourth-order valence-electron chi connectivity index (χ4n) is 2.93. The molecule has 0 spiro atoms. The zero-order valence-corrected chi connectivity index (χ0v) is 12.2. The normalized spacial score (nSPS) is 30.3. The summed E-state index contributed by atoms with van der Waals surface area (Å²) in [6.45, 7) is 4.81. The lowest BCUT2D eigenvalue weighted by Gasteiger charge is -2.29. The van der Waals surface area contributed by atoms with E-state index in [4.69, 9.17) is 10.5 Å². The number of hydrogen-bond acceptors (Lipinski definition) is 4. The molecule has 0 radical (unpaired) electrons. The quantitative estimate of drug-likeness (QED) is 0.752. The summed E-state index contributed by atoms with van der Waals surface area (Å²) < 4.78 is 5.21. The Labute approximate surface area is 120 Å². The van der Waals surface area contributed by atoms with Crippen LogP contribution in [0.1, 0.15) is 32.6 Å². The Balaban J connectivity index is 1.72. The molecular formula is C14H25N3O3. The molecule has 2 fully saturated rings. The van der Waals surface area contributed by atoms with Gasteiger partial charge >= 0.3 is 0 Å². The summed E-state index contributed by atoms with van der Waals surface area (Å²) in [5, 5.41) is 2.87. The molecule has 0 bridgehead atoms. The molecule has 6 heteroatoms. The summed E-state index contributed by atoms with van der Waals surface area (Å²) in [6.07, 6.45) is 3.07. The highest BCUT2D eigenvalue weighted by Crippen LogP contribution is 2.36. The van der Waals surface area contributed by atoms with Crippen LogP contribution in [0.2, 0.25) is 0 Å². The number of nitrogens with two attached hydrogens (primary N) is 1. The smallest absolute Gasteiger partial charge is 0.227 e. The number of amides is 2.